The Kier molecular flexibility index (Phi) is 8.18. The second-order valence-electron chi connectivity index (χ2n) is 6.24. The number of nitrogens with two attached hydrogens (primary N) is 1. The number of carbonyl (C=O) groups excluding carboxylic acids is 2. The van der Waals surface area contributed by atoms with Crippen molar-refractivity contribution in [2.75, 3.05) is 6.54 Å². The molecular weight excluding hydrogens is 354 g/mol. The predicted molar refractivity (Wildman–Crippen MR) is 110 cm³/mol. The Labute approximate surface area is 165 Å². The van der Waals surface area contributed by atoms with Crippen LogP contribution in [0.4, 0.5) is 0 Å². The Hall–Kier alpha value is -3.18. The molecule has 0 saturated carbocycles. The van der Waals surface area contributed by atoms with Crippen molar-refractivity contribution < 1.29 is 19.1 Å². The van der Waals surface area contributed by atoms with Gasteiger partial charge in [-0.2, -0.15) is 0 Å². The number of hydrogen-bond acceptors (Lipinski definition) is 5. The lowest BCUT2D eigenvalue weighted by atomic mass is 10.1. The number of hydrogen-bond donors (Lipinski definition) is 1. The summed E-state index contributed by atoms with van der Waals surface area (Å²) in [5.41, 5.74) is 9.08. The van der Waals surface area contributed by atoms with E-state index in [9.17, 15) is 9.59 Å². The van der Waals surface area contributed by atoms with Crippen molar-refractivity contribution in [1.82, 2.24) is 0 Å². The second kappa shape index (κ2) is 10.8. The number of rotatable bonds is 10. The molecule has 2 rings (SSSR count). The van der Waals surface area contributed by atoms with Gasteiger partial charge in [-0.1, -0.05) is 67.8 Å². The van der Waals surface area contributed by atoms with Gasteiger partial charge in [0.1, 0.15) is 13.2 Å². The minimum atomic E-state index is -1.04. The van der Waals surface area contributed by atoms with Gasteiger partial charge >= 0.3 is 11.9 Å². The SMILES string of the molecule is C=Cc1ccc(COC(=O)C(CCN)C(=O)OCc2cccc(C=C)c2)cc1. The van der Waals surface area contributed by atoms with E-state index in [-0.39, 0.29) is 26.2 Å². The Balaban J connectivity index is 1.93. The third kappa shape index (κ3) is 6.21. The zero-order valence-corrected chi connectivity index (χ0v) is 15.8. The lowest BCUT2D eigenvalue weighted by Crippen LogP contribution is -2.30. The van der Waals surface area contributed by atoms with Crippen LogP contribution in [0.25, 0.3) is 12.2 Å². The molecule has 1 unspecified atom stereocenters. The van der Waals surface area contributed by atoms with E-state index in [0.717, 1.165) is 22.3 Å². The fourth-order valence-corrected chi connectivity index (χ4v) is 2.57. The van der Waals surface area contributed by atoms with Gasteiger partial charge in [0.25, 0.3) is 0 Å². The molecule has 0 bridgehead atoms. The molecule has 2 aromatic rings. The van der Waals surface area contributed by atoms with Gasteiger partial charge in [0, 0.05) is 0 Å². The average molecular weight is 379 g/mol. The second-order valence-corrected chi connectivity index (χ2v) is 6.24. The largest absolute Gasteiger partial charge is 0.460 e. The topological polar surface area (TPSA) is 78.6 Å². The summed E-state index contributed by atoms with van der Waals surface area (Å²) in [4.78, 5) is 24.8. The van der Waals surface area contributed by atoms with Gasteiger partial charge in [0.05, 0.1) is 0 Å². The molecule has 0 aliphatic rings. The van der Waals surface area contributed by atoms with E-state index in [0.29, 0.717) is 0 Å². The first-order valence-electron chi connectivity index (χ1n) is 9.03. The summed E-state index contributed by atoms with van der Waals surface area (Å²) in [5, 5.41) is 0. The first-order valence-corrected chi connectivity index (χ1v) is 9.03. The van der Waals surface area contributed by atoms with E-state index in [2.05, 4.69) is 13.2 Å². The molecule has 0 saturated heterocycles. The molecule has 28 heavy (non-hydrogen) atoms. The van der Waals surface area contributed by atoms with Crippen LogP contribution in [0.2, 0.25) is 0 Å². The Morgan fingerprint density at radius 1 is 0.893 bits per heavy atom. The van der Waals surface area contributed by atoms with Crippen LogP contribution in [0.5, 0.6) is 0 Å². The third-order valence-corrected chi connectivity index (χ3v) is 4.19. The van der Waals surface area contributed by atoms with Crippen LogP contribution in [0.15, 0.2) is 61.7 Å². The van der Waals surface area contributed by atoms with Gasteiger partial charge in [-0.05, 0) is 41.3 Å². The van der Waals surface area contributed by atoms with Crippen molar-refractivity contribution in [2.24, 2.45) is 11.7 Å². The average Bonchev–Trinajstić information content (AvgIpc) is 2.74. The lowest BCUT2D eigenvalue weighted by Gasteiger charge is -2.15. The highest BCUT2D eigenvalue weighted by Crippen LogP contribution is 2.14. The van der Waals surface area contributed by atoms with E-state index in [1.165, 1.54) is 0 Å². The molecule has 1 atom stereocenters. The van der Waals surface area contributed by atoms with Gasteiger partial charge in [-0.3, -0.25) is 9.59 Å². The molecule has 146 valence electrons. The van der Waals surface area contributed by atoms with Gasteiger partial charge < -0.3 is 15.2 Å². The molecule has 0 aromatic heterocycles. The normalized spacial score (nSPS) is 11.3. The fraction of sp³-hybridized carbons (Fsp3) is 0.217. The third-order valence-electron chi connectivity index (χ3n) is 4.19. The van der Waals surface area contributed by atoms with Gasteiger partial charge in [0.15, 0.2) is 5.92 Å². The highest BCUT2D eigenvalue weighted by Gasteiger charge is 2.29. The standard InChI is InChI=1S/C23H25NO4/c1-3-17-8-10-19(11-9-17)15-27-22(25)21(12-13-24)23(26)28-16-20-7-5-6-18(4-2)14-20/h3-11,14,21H,1-2,12-13,15-16,24H2. The summed E-state index contributed by atoms with van der Waals surface area (Å²) >= 11 is 0. The molecule has 0 aliphatic carbocycles. The van der Waals surface area contributed by atoms with Crippen molar-refractivity contribution >= 4 is 24.1 Å². The fourth-order valence-electron chi connectivity index (χ4n) is 2.57. The molecular formula is C23H25NO4. The summed E-state index contributed by atoms with van der Waals surface area (Å²) in [6, 6.07) is 14.9. The number of benzene rings is 2. The van der Waals surface area contributed by atoms with Crippen LogP contribution in [0, 0.1) is 5.92 Å². The predicted octanol–water partition coefficient (Wildman–Crippen LogP) is 3.72. The molecule has 0 amide bonds. The van der Waals surface area contributed by atoms with Crippen LogP contribution in [0.3, 0.4) is 0 Å². The van der Waals surface area contributed by atoms with E-state index in [1.54, 1.807) is 12.2 Å². The zero-order chi connectivity index (χ0) is 20.4. The molecule has 0 fully saturated rings. The van der Waals surface area contributed by atoms with E-state index in [4.69, 9.17) is 15.2 Å². The van der Waals surface area contributed by atoms with E-state index < -0.39 is 17.9 Å². The summed E-state index contributed by atoms with van der Waals surface area (Å²) in [6.07, 6.45) is 3.61. The Morgan fingerprint density at radius 3 is 2.07 bits per heavy atom. The molecule has 0 aliphatic heterocycles. The molecule has 0 radical (unpaired) electrons. The minimum absolute atomic E-state index is 0.0673. The maximum absolute atomic E-state index is 12.4. The van der Waals surface area contributed by atoms with Crippen LogP contribution in [-0.2, 0) is 32.3 Å². The Morgan fingerprint density at radius 2 is 1.50 bits per heavy atom. The van der Waals surface area contributed by atoms with Crippen LogP contribution < -0.4 is 5.73 Å². The van der Waals surface area contributed by atoms with E-state index >= 15 is 0 Å². The number of esters is 2. The maximum Gasteiger partial charge on any atom is 0.320 e. The monoisotopic (exact) mass is 379 g/mol. The first-order chi connectivity index (χ1) is 13.6. The first kappa shape index (κ1) is 21.1. The molecule has 5 nitrogen and oxygen atoms in total. The highest BCUT2D eigenvalue weighted by molar-refractivity contribution is 5.94. The number of ether oxygens (including phenoxy) is 2. The van der Waals surface area contributed by atoms with Gasteiger partial charge in [-0.15, -0.1) is 0 Å². The van der Waals surface area contributed by atoms with E-state index in [1.807, 2.05) is 48.5 Å². The van der Waals surface area contributed by atoms with Crippen molar-refractivity contribution in [2.45, 2.75) is 19.6 Å². The summed E-state index contributed by atoms with van der Waals surface area (Å²) in [6.45, 7) is 7.72. The van der Waals surface area contributed by atoms with Crippen molar-refractivity contribution in [3.8, 4) is 0 Å². The molecule has 0 heterocycles. The smallest absolute Gasteiger partial charge is 0.320 e. The van der Waals surface area contributed by atoms with Gasteiger partial charge in [-0.25, -0.2) is 0 Å². The quantitative estimate of drug-likeness (QED) is 0.503. The zero-order valence-electron chi connectivity index (χ0n) is 15.8. The summed E-state index contributed by atoms with van der Waals surface area (Å²) in [7, 11) is 0. The lowest BCUT2D eigenvalue weighted by molar-refractivity contribution is -0.164. The summed E-state index contributed by atoms with van der Waals surface area (Å²) < 4.78 is 10.6. The summed E-state index contributed by atoms with van der Waals surface area (Å²) in [5.74, 6) is -2.32. The molecule has 0 spiro atoms. The molecule has 5 heteroatoms. The number of carbonyl (C=O) groups is 2. The van der Waals surface area contributed by atoms with Crippen LogP contribution in [-0.4, -0.2) is 18.5 Å². The molecule has 2 aromatic carbocycles. The van der Waals surface area contributed by atoms with Gasteiger partial charge in [0.2, 0.25) is 0 Å². The van der Waals surface area contributed by atoms with Crippen molar-refractivity contribution in [3.05, 3.63) is 83.9 Å². The van der Waals surface area contributed by atoms with Crippen molar-refractivity contribution in [1.29, 1.82) is 0 Å². The van der Waals surface area contributed by atoms with Crippen LogP contribution in [0.1, 0.15) is 28.7 Å². The Bertz CT molecular complexity index is 827. The van der Waals surface area contributed by atoms with Crippen molar-refractivity contribution in [3.63, 3.8) is 0 Å². The highest BCUT2D eigenvalue weighted by atomic mass is 16.6. The van der Waals surface area contributed by atoms with Crippen LogP contribution >= 0.6 is 0 Å². The maximum atomic E-state index is 12.4. The minimum Gasteiger partial charge on any atom is -0.460 e. The molecule has 2 N–H and O–H groups in total.